The molecule has 0 saturated heterocycles. The fourth-order valence-electron chi connectivity index (χ4n) is 3.06. The predicted octanol–water partition coefficient (Wildman–Crippen LogP) is 2.88. The minimum Gasteiger partial charge on any atom is -0.493 e. The number of methoxy groups -OCH3 is 2. The molecule has 0 bridgehead atoms. The summed E-state index contributed by atoms with van der Waals surface area (Å²) in [6.07, 6.45) is 2.39. The van der Waals surface area contributed by atoms with Gasteiger partial charge in [0.25, 0.3) is 5.91 Å². The Bertz CT molecular complexity index is 815. The van der Waals surface area contributed by atoms with E-state index in [0.29, 0.717) is 24.4 Å². The molecule has 26 heavy (non-hydrogen) atoms. The van der Waals surface area contributed by atoms with Crippen LogP contribution in [0.5, 0.6) is 11.5 Å². The molecular formula is C20H22N2O4. The van der Waals surface area contributed by atoms with Crippen molar-refractivity contribution in [2.24, 2.45) is 5.16 Å². The van der Waals surface area contributed by atoms with Crippen LogP contribution in [0.4, 0.5) is 0 Å². The summed E-state index contributed by atoms with van der Waals surface area (Å²) < 4.78 is 10.7. The molecule has 0 spiro atoms. The lowest BCUT2D eigenvalue weighted by Gasteiger charge is -2.29. The van der Waals surface area contributed by atoms with Crippen LogP contribution in [0.2, 0.25) is 0 Å². The van der Waals surface area contributed by atoms with Gasteiger partial charge in [0.1, 0.15) is 7.11 Å². The van der Waals surface area contributed by atoms with Crippen molar-refractivity contribution < 1.29 is 19.1 Å². The van der Waals surface area contributed by atoms with Gasteiger partial charge in [0.2, 0.25) is 0 Å². The second kappa shape index (κ2) is 7.91. The number of amides is 1. The Balaban J connectivity index is 1.77. The number of nitrogens with zero attached hydrogens (tertiary/aromatic N) is 2. The Morgan fingerprint density at radius 2 is 1.69 bits per heavy atom. The number of benzene rings is 2. The van der Waals surface area contributed by atoms with Crippen molar-refractivity contribution in [3.63, 3.8) is 0 Å². The maximum atomic E-state index is 12.8. The first-order valence-electron chi connectivity index (χ1n) is 8.36. The lowest BCUT2D eigenvalue weighted by Crippen LogP contribution is -2.36. The monoisotopic (exact) mass is 354 g/mol. The highest BCUT2D eigenvalue weighted by molar-refractivity contribution is 5.95. The van der Waals surface area contributed by atoms with Crippen LogP contribution in [0.25, 0.3) is 0 Å². The number of carbonyl (C=O) groups is 1. The van der Waals surface area contributed by atoms with Crippen molar-refractivity contribution >= 4 is 12.1 Å². The number of hydrogen-bond donors (Lipinski definition) is 0. The summed E-state index contributed by atoms with van der Waals surface area (Å²) in [5.41, 5.74) is 3.82. The summed E-state index contributed by atoms with van der Waals surface area (Å²) in [4.78, 5) is 19.3. The maximum Gasteiger partial charge on any atom is 0.254 e. The number of oxime groups is 1. The fourth-order valence-corrected chi connectivity index (χ4v) is 3.06. The van der Waals surface area contributed by atoms with E-state index in [9.17, 15) is 4.79 Å². The highest BCUT2D eigenvalue weighted by Crippen LogP contribution is 2.33. The maximum absolute atomic E-state index is 12.8. The molecule has 0 saturated carbocycles. The van der Waals surface area contributed by atoms with Crippen LogP contribution < -0.4 is 9.47 Å². The first-order chi connectivity index (χ1) is 12.7. The molecule has 6 heteroatoms. The number of hydrogen-bond acceptors (Lipinski definition) is 5. The summed E-state index contributed by atoms with van der Waals surface area (Å²) in [5, 5.41) is 3.72. The van der Waals surface area contributed by atoms with E-state index >= 15 is 0 Å². The summed E-state index contributed by atoms with van der Waals surface area (Å²) in [7, 11) is 4.74. The normalized spacial score (nSPS) is 13.4. The molecular weight excluding hydrogens is 332 g/mol. The van der Waals surface area contributed by atoms with E-state index in [1.165, 1.54) is 12.7 Å². The van der Waals surface area contributed by atoms with Crippen LogP contribution in [0, 0.1) is 0 Å². The Morgan fingerprint density at radius 3 is 2.31 bits per heavy atom. The summed E-state index contributed by atoms with van der Waals surface area (Å²) >= 11 is 0. The lowest BCUT2D eigenvalue weighted by atomic mass is 9.98. The Kier molecular flexibility index (Phi) is 5.41. The molecule has 1 aliphatic heterocycles. The first-order valence-corrected chi connectivity index (χ1v) is 8.36. The third-order valence-corrected chi connectivity index (χ3v) is 4.47. The molecule has 1 amide bonds. The van der Waals surface area contributed by atoms with Crippen molar-refractivity contribution in [3.8, 4) is 11.5 Å². The summed E-state index contributed by atoms with van der Waals surface area (Å²) in [6.45, 7) is 1.23. The first kappa shape index (κ1) is 17.8. The molecule has 0 unspecified atom stereocenters. The van der Waals surface area contributed by atoms with Crippen LogP contribution in [0.1, 0.15) is 27.0 Å². The van der Waals surface area contributed by atoms with Crippen molar-refractivity contribution in [2.45, 2.75) is 13.0 Å². The second-order valence-corrected chi connectivity index (χ2v) is 5.99. The van der Waals surface area contributed by atoms with Gasteiger partial charge in [-0.05, 0) is 47.4 Å². The topological polar surface area (TPSA) is 60.4 Å². The largest absolute Gasteiger partial charge is 0.493 e. The van der Waals surface area contributed by atoms with Gasteiger partial charge in [-0.1, -0.05) is 17.3 Å². The van der Waals surface area contributed by atoms with E-state index in [0.717, 1.165) is 23.3 Å². The molecule has 2 aromatic carbocycles. The molecule has 136 valence electrons. The van der Waals surface area contributed by atoms with Gasteiger partial charge in [-0.15, -0.1) is 0 Å². The summed E-state index contributed by atoms with van der Waals surface area (Å²) in [6, 6.07) is 11.3. The minimum atomic E-state index is 0.0145. The molecule has 0 aliphatic carbocycles. The molecule has 3 rings (SSSR count). The van der Waals surface area contributed by atoms with Crippen molar-refractivity contribution in [2.75, 3.05) is 27.9 Å². The molecule has 6 nitrogen and oxygen atoms in total. The number of fused-ring (bicyclic) bond motifs is 1. The fraction of sp³-hybridized carbons (Fsp3) is 0.300. The highest BCUT2D eigenvalue weighted by atomic mass is 16.6. The molecule has 1 aliphatic rings. The standard InChI is InChI=1S/C20H22N2O4/c1-24-18-10-16-8-9-22(13-17(16)11-19(18)25-2)20(23)15-6-4-14(5-7-15)12-21-26-3/h4-7,10-12H,8-9,13H2,1-3H3/b21-12+. The highest BCUT2D eigenvalue weighted by Gasteiger charge is 2.23. The van der Waals surface area contributed by atoms with Gasteiger partial charge in [-0.25, -0.2) is 0 Å². The molecule has 0 fully saturated rings. The minimum absolute atomic E-state index is 0.0145. The van der Waals surface area contributed by atoms with Gasteiger partial charge < -0.3 is 19.2 Å². The molecule has 1 heterocycles. The summed E-state index contributed by atoms with van der Waals surface area (Å²) in [5.74, 6) is 1.42. The van der Waals surface area contributed by atoms with Gasteiger partial charge in [0.05, 0.1) is 20.4 Å². The quantitative estimate of drug-likeness (QED) is 0.612. The van der Waals surface area contributed by atoms with Crippen LogP contribution >= 0.6 is 0 Å². The van der Waals surface area contributed by atoms with E-state index in [1.807, 2.05) is 41.3 Å². The lowest BCUT2D eigenvalue weighted by molar-refractivity contribution is 0.0734. The molecule has 2 aromatic rings. The Morgan fingerprint density at radius 1 is 1.04 bits per heavy atom. The van der Waals surface area contributed by atoms with Crippen LogP contribution in [0.3, 0.4) is 0 Å². The average Bonchev–Trinajstić information content (AvgIpc) is 2.70. The average molecular weight is 354 g/mol. The van der Waals surface area contributed by atoms with Gasteiger partial charge in [-0.2, -0.15) is 0 Å². The van der Waals surface area contributed by atoms with E-state index in [1.54, 1.807) is 20.4 Å². The van der Waals surface area contributed by atoms with Gasteiger partial charge in [-0.3, -0.25) is 4.79 Å². The number of rotatable bonds is 5. The zero-order valence-electron chi connectivity index (χ0n) is 15.2. The van der Waals surface area contributed by atoms with Crippen LogP contribution in [0.15, 0.2) is 41.6 Å². The zero-order chi connectivity index (χ0) is 18.5. The van der Waals surface area contributed by atoms with Gasteiger partial charge in [0.15, 0.2) is 11.5 Å². The van der Waals surface area contributed by atoms with Crippen LogP contribution in [-0.4, -0.2) is 44.9 Å². The van der Waals surface area contributed by atoms with Gasteiger partial charge >= 0.3 is 0 Å². The SMILES string of the molecule is CO/N=C/c1ccc(C(=O)N2CCc3cc(OC)c(OC)cc3C2)cc1. The van der Waals surface area contributed by atoms with E-state index < -0.39 is 0 Å². The predicted molar refractivity (Wildman–Crippen MR) is 99.0 cm³/mol. The number of ether oxygens (including phenoxy) is 2. The molecule has 0 atom stereocenters. The smallest absolute Gasteiger partial charge is 0.254 e. The Labute approximate surface area is 153 Å². The molecule has 0 aromatic heterocycles. The van der Waals surface area contributed by atoms with E-state index in [2.05, 4.69) is 9.99 Å². The van der Waals surface area contributed by atoms with Crippen LogP contribution in [-0.2, 0) is 17.8 Å². The van der Waals surface area contributed by atoms with E-state index in [-0.39, 0.29) is 5.91 Å². The van der Waals surface area contributed by atoms with Gasteiger partial charge in [0, 0.05) is 18.7 Å². The Hall–Kier alpha value is -3.02. The zero-order valence-corrected chi connectivity index (χ0v) is 15.2. The third kappa shape index (κ3) is 3.64. The molecule has 0 radical (unpaired) electrons. The third-order valence-electron chi connectivity index (χ3n) is 4.47. The second-order valence-electron chi connectivity index (χ2n) is 5.99. The van der Waals surface area contributed by atoms with Crippen molar-refractivity contribution in [3.05, 3.63) is 58.7 Å². The van der Waals surface area contributed by atoms with Crippen molar-refractivity contribution in [1.82, 2.24) is 4.90 Å². The molecule has 0 N–H and O–H groups in total. The number of carbonyl (C=O) groups excluding carboxylic acids is 1. The van der Waals surface area contributed by atoms with E-state index in [4.69, 9.17) is 9.47 Å². The van der Waals surface area contributed by atoms with Crippen molar-refractivity contribution in [1.29, 1.82) is 0 Å².